The number of nitrogens with zero attached hydrogens (tertiary/aromatic N) is 2. The van der Waals surface area contributed by atoms with Crippen LogP contribution in [-0.2, 0) is 4.79 Å². The van der Waals surface area contributed by atoms with Gasteiger partial charge in [-0.05, 0) is 31.0 Å². The molecule has 2 unspecified atom stereocenters. The van der Waals surface area contributed by atoms with Crippen molar-refractivity contribution in [3.8, 4) is 0 Å². The number of hydrogen-bond donors (Lipinski definition) is 2. The van der Waals surface area contributed by atoms with Gasteiger partial charge in [-0.2, -0.15) is 0 Å². The maximum absolute atomic E-state index is 12.2. The van der Waals surface area contributed by atoms with Crippen molar-refractivity contribution in [2.75, 3.05) is 13.1 Å². The van der Waals surface area contributed by atoms with Crippen LogP contribution >= 0.6 is 0 Å². The van der Waals surface area contributed by atoms with E-state index in [1.807, 2.05) is 29.4 Å². The highest BCUT2D eigenvalue weighted by molar-refractivity contribution is 5.83. The first-order valence-corrected chi connectivity index (χ1v) is 6.44. The van der Waals surface area contributed by atoms with Crippen LogP contribution in [0, 0.1) is 0 Å². The third-order valence-electron chi connectivity index (χ3n) is 3.76. The number of amides is 1. The van der Waals surface area contributed by atoms with Gasteiger partial charge in [-0.1, -0.05) is 0 Å². The van der Waals surface area contributed by atoms with Crippen LogP contribution < -0.4 is 10.9 Å². The molecule has 0 aromatic carbocycles. The first-order chi connectivity index (χ1) is 8.74. The van der Waals surface area contributed by atoms with Crippen LogP contribution in [0.1, 0.15) is 24.8 Å². The summed E-state index contributed by atoms with van der Waals surface area (Å²) in [5.74, 6) is 0.695. The fourth-order valence-corrected chi connectivity index (χ4v) is 2.60. The number of nitrogens with one attached hydrogen (secondary N) is 2. The van der Waals surface area contributed by atoms with Crippen molar-refractivity contribution >= 4 is 5.91 Å². The molecule has 96 valence electrons. The maximum Gasteiger partial charge on any atom is 0.241 e. The molecule has 3 heterocycles. The van der Waals surface area contributed by atoms with Crippen molar-refractivity contribution in [1.82, 2.24) is 20.7 Å². The van der Waals surface area contributed by atoms with Crippen molar-refractivity contribution in [2.45, 2.75) is 31.3 Å². The Morgan fingerprint density at radius 1 is 1.33 bits per heavy atom. The number of pyridine rings is 1. The Kier molecular flexibility index (Phi) is 3.01. The first kappa shape index (κ1) is 11.6. The number of hydrazine groups is 1. The number of likely N-dealkylation sites (tertiary alicyclic amines) is 1. The molecule has 0 saturated carbocycles. The smallest absolute Gasteiger partial charge is 0.241 e. The average Bonchev–Trinajstić information content (AvgIpc) is 2.75. The summed E-state index contributed by atoms with van der Waals surface area (Å²) in [6, 6.07) is 4.38. The van der Waals surface area contributed by atoms with E-state index in [0.29, 0.717) is 12.0 Å². The molecule has 5 heteroatoms. The SMILES string of the molecule is CC1CC(C(=O)N2CC(c3ccncc3)C2)NN1. The quantitative estimate of drug-likeness (QED) is 0.786. The van der Waals surface area contributed by atoms with Crippen LogP contribution in [0.5, 0.6) is 0 Å². The average molecular weight is 246 g/mol. The second-order valence-corrected chi connectivity index (χ2v) is 5.20. The molecule has 18 heavy (non-hydrogen) atoms. The molecule has 1 aromatic rings. The predicted molar refractivity (Wildman–Crippen MR) is 67.7 cm³/mol. The molecule has 2 atom stereocenters. The number of carbonyl (C=O) groups is 1. The van der Waals surface area contributed by atoms with Gasteiger partial charge in [0.1, 0.15) is 6.04 Å². The zero-order chi connectivity index (χ0) is 12.5. The molecule has 5 nitrogen and oxygen atoms in total. The number of hydrogen-bond acceptors (Lipinski definition) is 4. The highest BCUT2D eigenvalue weighted by Crippen LogP contribution is 2.27. The molecular weight excluding hydrogens is 228 g/mol. The van der Waals surface area contributed by atoms with Gasteiger partial charge in [0.15, 0.2) is 0 Å². The fraction of sp³-hybridized carbons (Fsp3) is 0.538. The number of rotatable bonds is 2. The molecule has 2 fully saturated rings. The van der Waals surface area contributed by atoms with Gasteiger partial charge in [0.05, 0.1) is 0 Å². The second kappa shape index (κ2) is 4.66. The van der Waals surface area contributed by atoms with E-state index in [1.54, 1.807) is 0 Å². The number of aromatic nitrogens is 1. The van der Waals surface area contributed by atoms with Crippen molar-refractivity contribution in [2.24, 2.45) is 0 Å². The molecule has 2 N–H and O–H groups in total. The lowest BCUT2D eigenvalue weighted by Gasteiger charge is -2.40. The predicted octanol–water partition coefficient (Wildman–Crippen LogP) is 0.262. The van der Waals surface area contributed by atoms with Gasteiger partial charge in [-0.3, -0.25) is 15.2 Å². The second-order valence-electron chi connectivity index (χ2n) is 5.20. The third kappa shape index (κ3) is 2.11. The minimum Gasteiger partial charge on any atom is -0.340 e. The van der Waals surface area contributed by atoms with Crippen LogP contribution in [0.2, 0.25) is 0 Å². The van der Waals surface area contributed by atoms with Crippen molar-refractivity contribution in [3.63, 3.8) is 0 Å². The molecule has 0 spiro atoms. The van der Waals surface area contributed by atoms with E-state index < -0.39 is 0 Å². The van der Waals surface area contributed by atoms with E-state index in [4.69, 9.17) is 0 Å². The van der Waals surface area contributed by atoms with Crippen molar-refractivity contribution in [3.05, 3.63) is 30.1 Å². The molecule has 2 aliphatic heterocycles. The molecule has 2 aliphatic rings. The summed E-state index contributed by atoms with van der Waals surface area (Å²) >= 11 is 0. The summed E-state index contributed by atoms with van der Waals surface area (Å²) in [4.78, 5) is 18.1. The minimum atomic E-state index is -0.0570. The summed E-state index contributed by atoms with van der Waals surface area (Å²) in [5, 5.41) is 0. The zero-order valence-electron chi connectivity index (χ0n) is 10.5. The van der Waals surface area contributed by atoms with Gasteiger partial charge < -0.3 is 4.90 Å². The summed E-state index contributed by atoms with van der Waals surface area (Å²) in [6.45, 7) is 3.74. The Labute approximate surface area is 107 Å². The topological polar surface area (TPSA) is 57.3 Å². The lowest BCUT2D eigenvalue weighted by Crippen LogP contribution is -2.54. The summed E-state index contributed by atoms with van der Waals surface area (Å²) in [6.07, 6.45) is 4.49. The Bertz CT molecular complexity index is 430. The molecule has 1 aromatic heterocycles. The Morgan fingerprint density at radius 2 is 2.06 bits per heavy atom. The van der Waals surface area contributed by atoms with Gasteiger partial charge in [0, 0.05) is 37.4 Å². The zero-order valence-corrected chi connectivity index (χ0v) is 10.5. The summed E-state index contributed by atoms with van der Waals surface area (Å²) in [5.41, 5.74) is 7.43. The van der Waals surface area contributed by atoms with Gasteiger partial charge in [-0.15, -0.1) is 0 Å². The van der Waals surface area contributed by atoms with Crippen LogP contribution in [0.15, 0.2) is 24.5 Å². The lowest BCUT2D eigenvalue weighted by molar-refractivity contribution is -0.137. The van der Waals surface area contributed by atoms with Crippen molar-refractivity contribution in [1.29, 1.82) is 0 Å². The lowest BCUT2D eigenvalue weighted by atomic mass is 9.91. The molecule has 0 bridgehead atoms. The van der Waals surface area contributed by atoms with E-state index >= 15 is 0 Å². The van der Waals surface area contributed by atoms with Gasteiger partial charge >= 0.3 is 0 Å². The molecular formula is C13H18N4O. The van der Waals surface area contributed by atoms with Gasteiger partial charge in [0.2, 0.25) is 5.91 Å². The van der Waals surface area contributed by atoms with E-state index in [-0.39, 0.29) is 11.9 Å². The van der Waals surface area contributed by atoms with Crippen molar-refractivity contribution < 1.29 is 4.79 Å². The van der Waals surface area contributed by atoms with Crippen LogP contribution in [0.25, 0.3) is 0 Å². The van der Waals surface area contributed by atoms with Crippen LogP contribution in [0.3, 0.4) is 0 Å². The highest BCUT2D eigenvalue weighted by Gasteiger charge is 2.37. The van der Waals surface area contributed by atoms with Gasteiger partial charge in [0.25, 0.3) is 0 Å². The van der Waals surface area contributed by atoms with E-state index in [1.165, 1.54) is 5.56 Å². The van der Waals surface area contributed by atoms with Crippen LogP contribution in [-0.4, -0.2) is 41.0 Å². The third-order valence-corrected chi connectivity index (χ3v) is 3.76. The Balaban J connectivity index is 1.54. The Hall–Kier alpha value is -1.46. The normalized spacial score (nSPS) is 28.2. The van der Waals surface area contributed by atoms with E-state index in [2.05, 4.69) is 22.8 Å². The van der Waals surface area contributed by atoms with Crippen LogP contribution in [0.4, 0.5) is 0 Å². The molecule has 0 aliphatic carbocycles. The number of carbonyl (C=O) groups excluding carboxylic acids is 1. The molecule has 1 amide bonds. The van der Waals surface area contributed by atoms with E-state index in [9.17, 15) is 4.79 Å². The molecule has 2 saturated heterocycles. The minimum absolute atomic E-state index is 0.0570. The standard InChI is InChI=1S/C13H18N4O/c1-9-6-12(16-15-9)13(18)17-7-11(8-17)10-2-4-14-5-3-10/h2-5,9,11-12,15-16H,6-8H2,1H3. The highest BCUT2D eigenvalue weighted by atomic mass is 16.2. The largest absolute Gasteiger partial charge is 0.340 e. The molecule has 0 radical (unpaired) electrons. The molecule has 3 rings (SSSR count). The monoisotopic (exact) mass is 246 g/mol. The first-order valence-electron chi connectivity index (χ1n) is 6.44. The van der Waals surface area contributed by atoms with Gasteiger partial charge in [-0.25, -0.2) is 5.43 Å². The fourth-order valence-electron chi connectivity index (χ4n) is 2.60. The Morgan fingerprint density at radius 3 is 2.67 bits per heavy atom. The van der Waals surface area contributed by atoms with E-state index in [0.717, 1.165) is 19.5 Å². The summed E-state index contributed by atoms with van der Waals surface area (Å²) in [7, 11) is 0. The maximum atomic E-state index is 12.2. The summed E-state index contributed by atoms with van der Waals surface area (Å²) < 4.78 is 0.